The predicted molar refractivity (Wildman–Crippen MR) is 66.1 cm³/mol. The molecule has 1 aliphatic rings. The summed E-state index contributed by atoms with van der Waals surface area (Å²) in [5.41, 5.74) is 0. The second-order valence-electron chi connectivity index (χ2n) is 4.30. The second-order valence-corrected chi connectivity index (χ2v) is 6.08. The van der Waals surface area contributed by atoms with Crippen molar-refractivity contribution in [3.8, 4) is 0 Å². The first-order chi connectivity index (χ1) is 7.99. The number of primary sulfonamides is 1. The van der Waals surface area contributed by atoms with Crippen LogP contribution < -0.4 is 5.14 Å². The highest BCUT2D eigenvalue weighted by Crippen LogP contribution is 2.23. The van der Waals surface area contributed by atoms with Gasteiger partial charge in [0.05, 0.1) is 12.2 Å². The Kier molecular flexibility index (Phi) is 5.58. The van der Waals surface area contributed by atoms with Gasteiger partial charge in [0.2, 0.25) is 10.0 Å². The molecule has 2 N–H and O–H groups in total. The first-order valence-corrected chi connectivity index (χ1v) is 7.37. The summed E-state index contributed by atoms with van der Waals surface area (Å²) < 4.78 is 33.9. The normalized spacial score (nSPS) is 24.5. The molecule has 0 spiro atoms. The Morgan fingerprint density at radius 3 is 2.76 bits per heavy atom. The minimum atomic E-state index is -3.64. The molecule has 0 aliphatic carbocycles. The molecule has 6 heteroatoms. The minimum Gasteiger partial charge on any atom is -0.380 e. The van der Waals surface area contributed by atoms with Gasteiger partial charge in [0.15, 0.2) is 0 Å². The van der Waals surface area contributed by atoms with Crippen LogP contribution in [0.1, 0.15) is 25.7 Å². The summed E-state index contributed by atoms with van der Waals surface area (Å²) in [6, 6.07) is 0. The quantitative estimate of drug-likeness (QED) is 0.689. The molecule has 3 atom stereocenters. The van der Waals surface area contributed by atoms with Crippen molar-refractivity contribution in [1.82, 2.24) is 0 Å². The molecule has 1 fully saturated rings. The lowest BCUT2D eigenvalue weighted by atomic mass is 10.0. The Morgan fingerprint density at radius 2 is 2.35 bits per heavy atom. The fraction of sp³-hybridized carbons (Fsp3) is 0.818. The minimum absolute atomic E-state index is 0.0270. The highest BCUT2D eigenvalue weighted by molar-refractivity contribution is 7.89. The summed E-state index contributed by atoms with van der Waals surface area (Å²) >= 11 is 0. The third kappa shape index (κ3) is 4.39. The van der Waals surface area contributed by atoms with Crippen LogP contribution in [0.25, 0.3) is 0 Å². The topological polar surface area (TPSA) is 78.6 Å². The van der Waals surface area contributed by atoms with E-state index in [1.807, 2.05) is 0 Å². The van der Waals surface area contributed by atoms with E-state index in [0.717, 1.165) is 12.8 Å². The Bertz CT molecular complexity index is 335. The zero-order valence-electron chi connectivity index (χ0n) is 10.2. The lowest BCUT2D eigenvalue weighted by Crippen LogP contribution is -2.41. The van der Waals surface area contributed by atoms with Gasteiger partial charge in [0.25, 0.3) is 0 Å². The van der Waals surface area contributed by atoms with Gasteiger partial charge in [0, 0.05) is 13.7 Å². The van der Waals surface area contributed by atoms with Gasteiger partial charge in [-0.05, 0) is 25.7 Å². The smallest absolute Gasteiger partial charge is 0.214 e. The number of rotatable bonds is 7. The van der Waals surface area contributed by atoms with Crippen LogP contribution in [0.4, 0.5) is 0 Å². The number of sulfonamides is 1. The predicted octanol–water partition coefficient (Wildman–Crippen LogP) is 0.804. The maximum Gasteiger partial charge on any atom is 0.214 e. The highest BCUT2D eigenvalue weighted by atomic mass is 32.2. The lowest BCUT2D eigenvalue weighted by Gasteiger charge is -2.25. The van der Waals surface area contributed by atoms with Gasteiger partial charge >= 0.3 is 0 Å². The van der Waals surface area contributed by atoms with Gasteiger partial charge in [-0.3, -0.25) is 0 Å². The van der Waals surface area contributed by atoms with Crippen molar-refractivity contribution in [2.75, 3.05) is 13.7 Å². The Hall–Kier alpha value is -0.430. The van der Waals surface area contributed by atoms with Crippen LogP contribution in [0, 0.1) is 0 Å². The standard InChI is InChI=1S/C11H21NO4S/c1-3-5-10(15-2)11(17(12,13)14)8-9-6-4-7-16-9/h3,9-11H,1,4-8H2,2H3,(H2,12,13,14)/t9?,10-,11-/m1/s1. The summed E-state index contributed by atoms with van der Waals surface area (Å²) in [7, 11) is -2.15. The van der Waals surface area contributed by atoms with E-state index >= 15 is 0 Å². The van der Waals surface area contributed by atoms with E-state index in [0.29, 0.717) is 19.4 Å². The van der Waals surface area contributed by atoms with Gasteiger partial charge in [-0.15, -0.1) is 6.58 Å². The molecule has 0 saturated carbocycles. The fourth-order valence-electron chi connectivity index (χ4n) is 2.15. The molecule has 0 amide bonds. The number of hydrogen-bond donors (Lipinski definition) is 1. The molecule has 1 aliphatic heterocycles. The van der Waals surface area contributed by atoms with E-state index in [2.05, 4.69) is 6.58 Å². The molecule has 5 nitrogen and oxygen atoms in total. The van der Waals surface area contributed by atoms with E-state index < -0.39 is 21.4 Å². The van der Waals surface area contributed by atoms with Crippen LogP contribution in [0.2, 0.25) is 0 Å². The van der Waals surface area contributed by atoms with E-state index in [4.69, 9.17) is 14.6 Å². The first-order valence-electron chi connectivity index (χ1n) is 5.76. The maximum atomic E-state index is 11.6. The zero-order chi connectivity index (χ0) is 12.9. The molecule has 17 heavy (non-hydrogen) atoms. The third-order valence-electron chi connectivity index (χ3n) is 3.06. The summed E-state index contributed by atoms with van der Waals surface area (Å²) in [6.45, 7) is 4.29. The number of hydrogen-bond acceptors (Lipinski definition) is 4. The van der Waals surface area contributed by atoms with Crippen molar-refractivity contribution in [2.45, 2.75) is 43.1 Å². The second kappa shape index (κ2) is 6.49. The van der Waals surface area contributed by atoms with E-state index in [1.54, 1.807) is 6.08 Å². The summed E-state index contributed by atoms with van der Waals surface area (Å²) in [5.74, 6) is 0. The van der Waals surface area contributed by atoms with Crippen molar-refractivity contribution < 1.29 is 17.9 Å². The van der Waals surface area contributed by atoms with Crippen molar-refractivity contribution in [2.24, 2.45) is 5.14 Å². The molecule has 1 saturated heterocycles. The Labute approximate surface area is 103 Å². The molecule has 1 unspecified atom stereocenters. The van der Waals surface area contributed by atoms with Gasteiger partial charge in [-0.2, -0.15) is 0 Å². The summed E-state index contributed by atoms with van der Waals surface area (Å²) in [4.78, 5) is 0. The van der Waals surface area contributed by atoms with Crippen LogP contribution in [-0.4, -0.2) is 39.6 Å². The molecular weight excluding hydrogens is 242 g/mol. The summed E-state index contributed by atoms with van der Waals surface area (Å²) in [6.07, 6.45) is 3.88. The molecule has 100 valence electrons. The first kappa shape index (κ1) is 14.6. The van der Waals surface area contributed by atoms with E-state index in [9.17, 15) is 8.42 Å². The largest absolute Gasteiger partial charge is 0.380 e. The van der Waals surface area contributed by atoms with Crippen molar-refractivity contribution in [3.05, 3.63) is 12.7 Å². The van der Waals surface area contributed by atoms with Crippen LogP contribution in [-0.2, 0) is 19.5 Å². The van der Waals surface area contributed by atoms with Gasteiger partial charge < -0.3 is 9.47 Å². The van der Waals surface area contributed by atoms with Gasteiger partial charge in [0.1, 0.15) is 5.25 Å². The van der Waals surface area contributed by atoms with Crippen LogP contribution >= 0.6 is 0 Å². The van der Waals surface area contributed by atoms with E-state index in [-0.39, 0.29) is 6.10 Å². The lowest BCUT2D eigenvalue weighted by molar-refractivity contribution is 0.0632. The monoisotopic (exact) mass is 263 g/mol. The molecule has 0 radical (unpaired) electrons. The number of ether oxygens (including phenoxy) is 2. The Morgan fingerprint density at radius 1 is 1.65 bits per heavy atom. The van der Waals surface area contributed by atoms with Gasteiger partial charge in [-0.1, -0.05) is 6.08 Å². The molecule has 1 heterocycles. The maximum absolute atomic E-state index is 11.6. The van der Waals surface area contributed by atoms with Crippen LogP contribution in [0.5, 0.6) is 0 Å². The zero-order valence-corrected chi connectivity index (χ0v) is 11.0. The Balaban J connectivity index is 2.74. The van der Waals surface area contributed by atoms with E-state index in [1.165, 1.54) is 7.11 Å². The van der Waals surface area contributed by atoms with Crippen molar-refractivity contribution >= 4 is 10.0 Å². The average molecular weight is 263 g/mol. The molecule has 1 rings (SSSR count). The van der Waals surface area contributed by atoms with Crippen LogP contribution in [0.15, 0.2) is 12.7 Å². The molecular formula is C11H21NO4S. The van der Waals surface area contributed by atoms with Crippen molar-refractivity contribution in [3.63, 3.8) is 0 Å². The number of nitrogens with two attached hydrogens (primary N) is 1. The molecule has 0 aromatic rings. The molecule has 0 bridgehead atoms. The molecule has 0 aromatic carbocycles. The molecule has 0 aromatic heterocycles. The SMILES string of the molecule is C=CC[C@@H](OC)[C@@H](CC1CCCO1)S(N)(=O)=O. The fourth-order valence-corrected chi connectivity index (χ4v) is 3.28. The average Bonchev–Trinajstić information content (AvgIpc) is 2.74. The van der Waals surface area contributed by atoms with Crippen molar-refractivity contribution in [1.29, 1.82) is 0 Å². The highest BCUT2D eigenvalue weighted by Gasteiger charge is 2.34. The van der Waals surface area contributed by atoms with Gasteiger partial charge in [-0.25, -0.2) is 13.6 Å². The summed E-state index contributed by atoms with van der Waals surface area (Å²) in [5, 5.41) is 4.54. The third-order valence-corrected chi connectivity index (χ3v) is 4.40. The van der Waals surface area contributed by atoms with Crippen LogP contribution in [0.3, 0.4) is 0 Å². The number of methoxy groups -OCH3 is 1.